The maximum atomic E-state index is 5.80. The fraction of sp³-hybridized carbons (Fsp3) is 0.545. The third-order valence-electron chi connectivity index (χ3n) is 2.75. The highest BCUT2D eigenvalue weighted by Crippen LogP contribution is 2.22. The molecule has 0 bridgehead atoms. The van der Waals surface area contributed by atoms with E-state index in [1.165, 1.54) is 6.42 Å². The van der Waals surface area contributed by atoms with Crippen molar-refractivity contribution in [3.8, 4) is 5.75 Å². The molecule has 2 rings (SSSR count). The highest BCUT2D eigenvalue weighted by molar-refractivity contribution is 9.10. The summed E-state index contributed by atoms with van der Waals surface area (Å²) in [4.78, 5) is 4.24. The van der Waals surface area contributed by atoms with Crippen LogP contribution in [0.3, 0.4) is 0 Å². The van der Waals surface area contributed by atoms with Crippen molar-refractivity contribution < 1.29 is 4.74 Å². The smallest absolute Gasteiger partial charge is 0.139 e. The Morgan fingerprint density at radius 1 is 1.62 bits per heavy atom. The molecule has 1 unspecified atom stereocenters. The Hall–Kier alpha value is -0.320. The molecule has 1 N–H and O–H groups in total. The van der Waals surface area contributed by atoms with Gasteiger partial charge in [-0.1, -0.05) is 0 Å². The van der Waals surface area contributed by atoms with E-state index in [9.17, 15) is 0 Å². The van der Waals surface area contributed by atoms with E-state index < -0.39 is 0 Å². The number of nitrogens with zero attached hydrogens (tertiary/aromatic N) is 1. The molecule has 1 saturated heterocycles. The van der Waals surface area contributed by atoms with Crippen LogP contribution in [0.2, 0.25) is 0 Å². The van der Waals surface area contributed by atoms with Gasteiger partial charge in [-0.2, -0.15) is 0 Å². The Kier molecular flexibility index (Phi) is 5.02. The van der Waals surface area contributed by atoms with Crippen LogP contribution < -0.4 is 10.1 Å². The first-order valence-corrected chi connectivity index (χ1v) is 5.98. The van der Waals surface area contributed by atoms with Crippen molar-refractivity contribution in [3.63, 3.8) is 0 Å². The van der Waals surface area contributed by atoms with E-state index in [1.807, 2.05) is 13.0 Å². The van der Waals surface area contributed by atoms with Crippen molar-refractivity contribution in [1.82, 2.24) is 10.3 Å². The van der Waals surface area contributed by atoms with Gasteiger partial charge < -0.3 is 10.1 Å². The summed E-state index contributed by atoms with van der Waals surface area (Å²) in [5, 5.41) is 3.33. The lowest BCUT2D eigenvalue weighted by atomic mass is 10.0. The van der Waals surface area contributed by atoms with Crippen LogP contribution in [0, 0.1) is 6.92 Å². The first-order valence-electron chi connectivity index (χ1n) is 5.19. The summed E-state index contributed by atoms with van der Waals surface area (Å²) >= 11 is 3.45. The molecule has 0 spiro atoms. The van der Waals surface area contributed by atoms with Gasteiger partial charge in [0, 0.05) is 10.5 Å². The lowest BCUT2D eigenvalue weighted by Crippen LogP contribution is -2.51. The van der Waals surface area contributed by atoms with Crippen LogP contribution in [0.4, 0.5) is 0 Å². The molecule has 3 nitrogen and oxygen atoms in total. The number of ether oxygens (including phenoxy) is 1. The number of hydrogen-bond acceptors (Lipinski definition) is 3. The zero-order valence-corrected chi connectivity index (χ0v) is 11.8. The van der Waals surface area contributed by atoms with Crippen LogP contribution in [0.5, 0.6) is 5.75 Å². The van der Waals surface area contributed by atoms with E-state index >= 15 is 0 Å². The highest BCUT2D eigenvalue weighted by atomic mass is 79.9. The van der Waals surface area contributed by atoms with E-state index in [-0.39, 0.29) is 18.5 Å². The summed E-state index contributed by atoms with van der Waals surface area (Å²) in [7, 11) is 0. The Labute approximate surface area is 111 Å². The normalized spacial score (nSPS) is 20.6. The summed E-state index contributed by atoms with van der Waals surface area (Å²) in [5.74, 6) is 0.827. The zero-order chi connectivity index (χ0) is 10.8. The standard InChI is InChI=1S/C11H15BrN2O.ClH/c1-7-10(12)5-9(6-14-7)15-8(2)11-3-4-13-11;/h5-6,8,11,13H,3-4H2,1-2H3;1H/t8?,11-;/m0./s1. The predicted octanol–water partition coefficient (Wildman–Crippen LogP) is 2.70. The average molecular weight is 308 g/mol. The van der Waals surface area contributed by atoms with Crippen LogP contribution in [-0.2, 0) is 0 Å². The zero-order valence-electron chi connectivity index (χ0n) is 9.37. The van der Waals surface area contributed by atoms with E-state index in [0.717, 1.165) is 22.5 Å². The van der Waals surface area contributed by atoms with Crippen molar-refractivity contribution in [2.24, 2.45) is 0 Å². The first-order chi connectivity index (χ1) is 7.16. The molecule has 1 aliphatic heterocycles. The van der Waals surface area contributed by atoms with Gasteiger partial charge in [-0.25, -0.2) is 0 Å². The summed E-state index contributed by atoms with van der Waals surface area (Å²) < 4.78 is 6.79. The molecular formula is C11H16BrClN2O. The molecule has 2 heterocycles. The van der Waals surface area contributed by atoms with Crippen LogP contribution in [0.25, 0.3) is 0 Å². The topological polar surface area (TPSA) is 34.1 Å². The predicted molar refractivity (Wildman–Crippen MR) is 70.4 cm³/mol. The summed E-state index contributed by atoms with van der Waals surface area (Å²) in [5.41, 5.74) is 0.983. The largest absolute Gasteiger partial charge is 0.487 e. The van der Waals surface area contributed by atoms with Gasteiger partial charge in [0.1, 0.15) is 11.9 Å². The molecule has 1 aromatic heterocycles. The minimum Gasteiger partial charge on any atom is -0.487 e. The molecule has 0 saturated carbocycles. The number of pyridine rings is 1. The Morgan fingerprint density at radius 2 is 2.31 bits per heavy atom. The van der Waals surface area contributed by atoms with Gasteiger partial charge in [0.25, 0.3) is 0 Å². The Morgan fingerprint density at radius 3 is 2.81 bits per heavy atom. The lowest BCUT2D eigenvalue weighted by Gasteiger charge is -2.33. The third-order valence-corrected chi connectivity index (χ3v) is 3.55. The Bertz CT molecular complexity index is 358. The molecular weight excluding hydrogens is 291 g/mol. The number of aromatic nitrogens is 1. The minimum absolute atomic E-state index is 0. The fourth-order valence-electron chi connectivity index (χ4n) is 1.56. The molecule has 0 aromatic carbocycles. The van der Waals surface area contributed by atoms with Gasteiger partial charge in [0.2, 0.25) is 0 Å². The number of halogens is 2. The molecule has 90 valence electrons. The molecule has 16 heavy (non-hydrogen) atoms. The van der Waals surface area contributed by atoms with E-state index in [2.05, 4.69) is 33.2 Å². The van der Waals surface area contributed by atoms with Gasteiger partial charge in [0.05, 0.1) is 11.9 Å². The van der Waals surface area contributed by atoms with Crippen molar-refractivity contribution in [3.05, 3.63) is 22.4 Å². The second-order valence-corrected chi connectivity index (χ2v) is 4.76. The van der Waals surface area contributed by atoms with Gasteiger partial charge in [-0.05, 0) is 48.8 Å². The molecule has 1 aromatic rings. The van der Waals surface area contributed by atoms with Crippen molar-refractivity contribution >= 4 is 28.3 Å². The minimum atomic E-state index is 0. The number of aryl methyl sites for hydroxylation is 1. The molecule has 0 amide bonds. The van der Waals surface area contributed by atoms with E-state index in [1.54, 1.807) is 6.20 Å². The van der Waals surface area contributed by atoms with Crippen molar-refractivity contribution in [1.29, 1.82) is 0 Å². The van der Waals surface area contributed by atoms with Gasteiger partial charge in [-0.3, -0.25) is 4.98 Å². The maximum absolute atomic E-state index is 5.80. The summed E-state index contributed by atoms with van der Waals surface area (Å²) in [6.07, 6.45) is 3.17. The summed E-state index contributed by atoms with van der Waals surface area (Å²) in [6.45, 7) is 5.16. The van der Waals surface area contributed by atoms with Gasteiger partial charge in [-0.15, -0.1) is 12.4 Å². The van der Waals surface area contributed by atoms with Gasteiger partial charge in [0.15, 0.2) is 0 Å². The molecule has 2 atom stereocenters. The third kappa shape index (κ3) is 3.09. The number of nitrogens with one attached hydrogen (secondary N) is 1. The monoisotopic (exact) mass is 306 g/mol. The second kappa shape index (κ2) is 5.84. The second-order valence-electron chi connectivity index (χ2n) is 3.91. The molecule has 0 aliphatic carbocycles. The van der Waals surface area contributed by atoms with Crippen LogP contribution in [0.1, 0.15) is 19.0 Å². The number of hydrogen-bond donors (Lipinski definition) is 1. The van der Waals surface area contributed by atoms with Crippen LogP contribution in [0.15, 0.2) is 16.7 Å². The van der Waals surface area contributed by atoms with Gasteiger partial charge >= 0.3 is 0 Å². The van der Waals surface area contributed by atoms with Crippen LogP contribution >= 0.6 is 28.3 Å². The lowest BCUT2D eigenvalue weighted by molar-refractivity contribution is 0.133. The average Bonchev–Trinajstić information content (AvgIpc) is 2.08. The van der Waals surface area contributed by atoms with Crippen molar-refractivity contribution in [2.45, 2.75) is 32.4 Å². The highest BCUT2D eigenvalue weighted by Gasteiger charge is 2.24. The van der Waals surface area contributed by atoms with Crippen molar-refractivity contribution in [2.75, 3.05) is 6.54 Å². The summed E-state index contributed by atoms with van der Waals surface area (Å²) in [6, 6.07) is 2.46. The van der Waals surface area contributed by atoms with E-state index in [4.69, 9.17) is 4.74 Å². The quantitative estimate of drug-likeness (QED) is 0.932. The van der Waals surface area contributed by atoms with E-state index in [0.29, 0.717) is 6.04 Å². The Balaban J connectivity index is 0.00000128. The molecule has 5 heteroatoms. The molecule has 1 aliphatic rings. The molecule has 1 fully saturated rings. The van der Waals surface area contributed by atoms with Crippen LogP contribution in [-0.4, -0.2) is 23.7 Å². The first kappa shape index (κ1) is 13.7. The maximum Gasteiger partial charge on any atom is 0.139 e. The number of rotatable bonds is 3. The fourth-order valence-corrected chi connectivity index (χ4v) is 1.89. The SMILES string of the molecule is Cc1ncc(OC(C)[C@@H]2CCN2)cc1Br.Cl. The molecule has 0 radical (unpaired) electrons.